The van der Waals surface area contributed by atoms with Crippen LogP contribution in [0, 0.1) is 6.92 Å². The lowest BCUT2D eigenvalue weighted by atomic mass is 10.1. The first-order chi connectivity index (χ1) is 7.81. The third kappa shape index (κ3) is 2.23. The Bertz CT molecular complexity index is 482. The van der Waals surface area contributed by atoms with Crippen molar-refractivity contribution in [2.45, 2.75) is 13.5 Å². The largest absolute Gasteiger partial charge is 0.314 e. The van der Waals surface area contributed by atoms with Crippen LogP contribution in [0.15, 0.2) is 30.7 Å². The number of pyridine rings is 1. The van der Waals surface area contributed by atoms with Crippen molar-refractivity contribution in [3.63, 3.8) is 0 Å². The predicted octanol–water partition coefficient (Wildman–Crippen LogP) is 1.57. The lowest BCUT2D eigenvalue weighted by Crippen LogP contribution is -2.07. The van der Waals surface area contributed by atoms with Crippen molar-refractivity contribution in [3.8, 4) is 11.4 Å². The Labute approximate surface area is 94.8 Å². The number of aromatic nitrogens is 3. The number of hydrogen-bond acceptors (Lipinski definition) is 4. The molecule has 0 bridgehead atoms. The first-order valence-corrected chi connectivity index (χ1v) is 5.19. The van der Waals surface area contributed by atoms with E-state index in [4.69, 9.17) is 0 Å². The van der Waals surface area contributed by atoms with E-state index in [9.17, 15) is 0 Å². The molecule has 0 aliphatic heterocycles. The Morgan fingerprint density at radius 3 is 2.88 bits per heavy atom. The van der Waals surface area contributed by atoms with Crippen molar-refractivity contribution in [2.24, 2.45) is 0 Å². The minimum absolute atomic E-state index is 0.735. The molecule has 0 atom stereocenters. The molecule has 0 saturated heterocycles. The quantitative estimate of drug-likeness (QED) is 0.842. The van der Waals surface area contributed by atoms with E-state index in [2.05, 4.69) is 20.3 Å². The summed E-state index contributed by atoms with van der Waals surface area (Å²) in [4.78, 5) is 12.9. The molecule has 0 fully saturated rings. The molecule has 0 aromatic carbocycles. The molecule has 2 aromatic rings. The minimum atomic E-state index is 0.735. The summed E-state index contributed by atoms with van der Waals surface area (Å²) in [5, 5.41) is 3.07. The van der Waals surface area contributed by atoms with Gasteiger partial charge in [0.05, 0.1) is 5.69 Å². The first kappa shape index (κ1) is 10.7. The molecule has 4 nitrogen and oxygen atoms in total. The Morgan fingerprint density at radius 1 is 1.25 bits per heavy atom. The van der Waals surface area contributed by atoms with Crippen molar-refractivity contribution in [3.05, 3.63) is 42.0 Å². The molecular formula is C12H14N4. The first-order valence-electron chi connectivity index (χ1n) is 5.19. The summed E-state index contributed by atoms with van der Waals surface area (Å²) < 4.78 is 0. The second-order valence-electron chi connectivity index (χ2n) is 3.59. The van der Waals surface area contributed by atoms with Crippen LogP contribution in [0.5, 0.6) is 0 Å². The summed E-state index contributed by atoms with van der Waals surface area (Å²) in [6, 6.07) is 3.87. The molecule has 0 amide bonds. The van der Waals surface area contributed by atoms with E-state index in [0.717, 1.165) is 29.2 Å². The van der Waals surface area contributed by atoms with Gasteiger partial charge < -0.3 is 5.32 Å². The summed E-state index contributed by atoms with van der Waals surface area (Å²) in [7, 11) is 1.90. The van der Waals surface area contributed by atoms with Crippen molar-refractivity contribution in [1.29, 1.82) is 0 Å². The SMILES string of the molecule is CNCc1ccnc(-c2cnccc2C)n1. The van der Waals surface area contributed by atoms with Gasteiger partial charge in [0.25, 0.3) is 0 Å². The molecule has 2 rings (SSSR count). The zero-order chi connectivity index (χ0) is 11.4. The fraction of sp³-hybridized carbons (Fsp3) is 0.250. The Morgan fingerprint density at radius 2 is 2.12 bits per heavy atom. The molecule has 2 heterocycles. The molecular weight excluding hydrogens is 200 g/mol. The molecule has 0 unspecified atom stereocenters. The zero-order valence-corrected chi connectivity index (χ0v) is 9.44. The van der Waals surface area contributed by atoms with Gasteiger partial charge >= 0.3 is 0 Å². The Hall–Kier alpha value is -1.81. The lowest BCUT2D eigenvalue weighted by molar-refractivity contribution is 0.787. The standard InChI is InChI=1S/C12H14N4/c1-9-3-5-14-8-11(9)12-15-6-4-10(16-12)7-13-2/h3-6,8,13H,7H2,1-2H3. The maximum Gasteiger partial charge on any atom is 0.161 e. The van der Waals surface area contributed by atoms with Gasteiger partial charge in [-0.1, -0.05) is 0 Å². The van der Waals surface area contributed by atoms with Crippen LogP contribution in [0.1, 0.15) is 11.3 Å². The molecule has 0 radical (unpaired) electrons. The highest BCUT2D eigenvalue weighted by Crippen LogP contribution is 2.17. The lowest BCUT2D eigenvalue weighted by Gasteiger charge is -2.05. The van der Waals surface area contributed by atoms with Crippen LogP contribution in [0.4, 0.5) is 0 Å². The van der Waals surface area contributed by atoms with Gasteiger partial charge in [0.1, 0.15) is 0 Å². The maximum atomic E-state index is 4.48. The van der Waals surface area contributed by atoms with Crippen LogP contribution < -0.4 is 5.32 Å². The molecule has 0 aliphatic rings. The van der Waals surface area contributed by atoms with Crippen LogP contribution in [-0.4, -0.2) is 22.0 Å². The summed E-state index contributed by atoms with van der Waals surface area (Å²) >= 11 is 0. The van der Waals surface area contributed by atoms with E-state index >= 15 is 0 Å². The monoisotopic (exact) mass is 214 g/mol. The third-order valence-electron chi connectivity index (χ3n) is 2.35. The van der Waals surface area contributed by atoms with Crippen molar-refractivity contribution in [2.75, 3.05) is 7.05 Å². The van der Waals surface area contributed by atoms with E-state index < -0.39 is 0 Å². The van der Waals surface area contributed by atoms with Crippen LogP contribution in [0.25, 0.3) is 11.4 Å². The summed E-state index contributed by atoms with van der Waals surface area (Å²) in [6.07, 6.45) is 5.35. The average Bonchev–Trinajstić information content (AvgIpc) is 2.30. The second kappa shape index (κ2) is 4.81. The van der Waals surface area contributed by atoms with Crippen molar-refractivity contribution in [1.82, 2.24) is 20.3 Å². The van der Waals surface area contributed by atoms with Crippen LogP contribution in [0.2, 0.25) is 0 Å². The average molecular weight is 214 g/mol. The van der Waals surface area contributed by atoms with Crippen molar-refractivity contribution >= 4 is 0 Å². The van der Waals surface area contributed by atoms with Gasteiger partial charge in [-0.3, -0.25) is 4.98 Å². The third-order valence-corrected chi connectivity index (χ3v) is 2.35. The number of aryl methyl sites for hydroxylation is 1. The summed E-state index contributed by atoms with van der Waals surface area (Å²) in [5.41, 5.74) is 3.10. The fourth-order valence-electron chi connectivity index (χ4n) is 1.50. The van der Waals surface area contributed by atoms with Gasteiger partial charge in [-0.2, -0.15) is 0 Å². The van der Waals surface area contributed by atoms with Crippen LogP contribution >= 0.6 is 0 Å². The molecule has 0 aliphatic carbocycles. The van der Waals surface area contributed by atoms with E-state index in [1.165, 1.54) is 0 Å². The van der Waals surface area contributed by atoms with Gasteiger partial charge in [0.2, 0.25) is 0 Å². The van der Waals surface area contributed by atoms with E-state index in [-0.39, 0.29) is 0 Å². The number of hydrogen-bond donors (Lipinski definition) is 1. The summed E-state index contributed by atoms with van der Waals surface area (Å²) in [5.74, 6) is 0.735. The highest BCUT2D eigenvalue weighted by molar-refractivity contribution is 5.57. The Kier molecular flexibility index (Phi) is 3.22. The number of nitrogens with one attached hydrogen (secondary N) is 1. The highest BCUT2D eigenvalue weighted by atomic mass is 14.9. The smallest absolute Gasteiger partial charge is 0.161 e. The fourth-order valence-corrected chi connectivity index (χ4v) is 1.50. The molecule has 82 valence electrons. The molecule has 16 heavy (non-hydrogen) atoms. The molecule has 0 saturated carbocycles. The second-order valence-corrected chi connectivity index (χ2v) is 3.59. The van der Waals surface area contributed by atoms with Gasteiger partial charge in [0.15, 0.2) is 5.82 Å². The summed E-state index contributed by atoms with van der Waals surface area (Å²) in [6.45, 7) is 2.78. The van der Waals surface area contributed by atoms with Crippen LogP contribution in [0.3, 0.4) is 0 Å². The Balaban J connectivity index is 2.40. The maximum absolute atomic E-state index is 4.48. The van der Waals surface area contributed by atoms with Gasteiger partial charge in [-0.05, 0) is 31.7 Å². The van der Waals surface area contributed by atoms with E-state index in [0.29, 0.717) is 0 Å². The predicted molar refractivity (Wildman–Crippen MR) is 62.8 cm³/mol. The molecule has 0 spiro atoms. The normalized spacial score (nSPS) is 10.4. The molecule has 1 N–H and O–H groups in total. The van der Waals surface area contributed by atoms with Crippen LogP contribution in [-0.2, 0) is 6.54 Å². The molecule has 2 aromatic heterocycles. The van der Waals surface area contributed by atoms with Gasteiger partial charge in [-0.25, -0.2) is 9.97 Å². The van der Waals surface area contributed by atoms with Gasteiger partial charge in [-0.15, -0.1) is 0 Å². The number of rotatable bonds is 3. The molecule has 4 heteroatoms. The number of nitrogens with zero attached hydrogens (tertiary/aromatic N) is 3. The zero-order valence-electron chi connectivity index (χ0n) is 9.44. The topological polar surface area (TPSA) is 50.7 Å². The van der Waals surface area contributed by atoms with E-state index in [1.807, 2.05) is 26.1 Å². The van der Waals surface area contributed by atoms with E-state index in [1.54, 1.807) is 18.6 Å². The minimum Gasteiger partial charge on any atom is -0.314 e. The van der Waals surface area contributed by atoms with Gasteiger partial charge in [0, 0.05) is 30.7 Å². The van der Waals surface area contributed by atoms with Crippen molar-refractivity contribution < 1.29 is 0 Å². The highest BCUT2D eigenvalue weighted by Gasteiger charge is 2.05.